The molecule has 1 fully saturated rings. The highest BCUT2D eigenvalue weighted by molar-refractivity contribution is 5.77. The van der Waals surface area contributed by atoms with E-state index in [4.69, 9.17) is 9.47 Å². The van der Waals surface area contributed by atoms with E-state index in [1.54, 1.807) is 6.20 Å². The maximum Gasteiger partial charge on any atom is 0.258 e. The monoisotopic (exact) mass is 381 g/mol. The SMILES string of the molecule is CC1(C)Cc2cccc(OCC(=O)NCc3ccnc(N4CCCC4)c3)c2O1. The highest BCUT2D eigenvalue weighted by Gasteiger charge is 2.32. The van der Waals surface area contributed by atoms with E-state index in [1.807, 2.05) is 30.3 Å². The molecule has 0 saturated carbocycles. The number of ether oxygens (including phenoxy) is 2. The Kier molecular flexibility index (Phi) is 5.11. The highest BCUT2D eigenvalue weighted by Crippen LogP contribution is 2.41. The lowest BCUT2D eigenvalue weighted by Crippen LogP contribution is -2.29. The number of amides is 1. The summed E-state index contributed by atoms with van der Waals surface area (Å²) in [5, 5.41) is 2.92. The van der Waals surface area contributed by atoms with Gasteiger partial charge < -0.3 is 19.7 Å². The molecule has 6 heteroatoms. The average molecular weight is 381 g/mol. The fourth-order valence-electron chi connectivity index (χ4n) is 3.79. The normalized spacial score (nSPS) is 17.1. The third kappa shape index (κ3) is 4.21. The lowest BCUT2D eigenvalue weighted by molar-refractivity contribution is -0.123. The number of nitrogens with one attached hydrogen (secondary N) is 1. The van der Waals surface area contributed by atoms with Crippen molar-refractivity contribution in [2.75, 3.05) is 24.6 Å². The molecule has 3 heterocycles. The molecule has 1 aromatic carbocycles. The van der Waals surface area contributed by atoms with Gasteiger partial charge in [-0.05, 0) is 50.5 Å². The number of carbonyl (C=O) groups is 1. The van der Waals surface area contributed by atoms with Crippen LogP contribution in [0.2, 0.25) is 0 Å². The Labute approximate surface area is 165 Å². The molecule has 1 N–H and O–H groups in total. The third-order valence-electron chi connectivity index (χ3n) is 5.14. The molecule has 0 bridgehead atoms. The van der Waals surface area contributed by atoms with Gasteiger partial charge in [0.1, 0.15) is 11.4 Å². The second-order valence-corrected chi connectivity index (χ2v) is 8.06. The average Bonchev–Trinajstić information content (AvgIpc) is 3.31. The largest absolute Gasteiger partial charge is 0.483 e. The number of nitrogens with zero attached hydrogens (tertiary/aromatic N) is 2. The van der Waals surface area contributed by atoms with E-state index in [-0.39, 0.29) is 18.1 Å². The summed E-state index contributed by atoms with van der Waals surface area (Å²) in [5.41, 5.74) is 1.92. The van der Waals surface area contributed by atoms with Gasteiger partial charge in [-0.2, -0.15) is 0 Å². The fourth-order valence-corrected chi connectivity index (χ4v) is 3.79. The van der Waals surface area contributed by atoms with Crippen LogP contribution in [0.25, 0.3) is 0 Å². The maximum absolute atomic E-state index is 12.3. The minimum Gasteiger partial charge on any atom is -0.483 e. The summed E-state index contributed by atoms with van der Waals surface area (Å²) in [5.74, 6) is 2.21. The number of para-hydroxylation sites is 1. The molecule has 0 atom stereocenters. The molecule has 148 valence electrons. The number of hydrogen-bond acceptors (Lipinski definition) is 5. The van der Waals surface area contributed by atoms with Crippen LogP contribution in [-0.4, -0.2) is 36.2 Å². The number of carbonyl (C=O) groups excluding carboxylic acids is 1. The Morgan fingerprint density at radius 3 is 2.93 bits per heavy atom. The molecule has 6 nitrogen and oxygen atoms in total. The molecule has 0 aliphatic carbocycles. The topological polar surface area (TPSA) is 63.7 Å². The quantitative estimate of drug-likeness (QED) is 0.833. The van der Waals surface area contributed by atoms with E-state index in [0.717, 1.165) is 42.2 Å². The smallest absolute Gasteiger partial charge is 0.258 e. The summed E-state index contributed by atoms with van der Waals surface area (Å²) in [7, 11) is 0. The van der Waals surface area contributed by atoms with Crippen molar-refractivity contribution in [3.05, 3.63) is 47.7 Å². The van der Waals surface area contributed by atoms with E-state index in [9.17, 15) is 4.79 Å². The first kappa shape index (κ1) is 18.6. The summed E-state index contributed by atoms with van der Waals surface area (Å²) in [6.07, 6.45) is 5.07. The molecular formula is C22H27N3O3. The minimum absolute atomic E-state index is 0.0374. The molecule has 2 aliphatic rings. The van der Waals surface area contributed by atoms with Gasteiger partial charge in [0.05, 0.1) is 0 Å². The van der Waals surface area contributed by atoms with Crippen LogP contribution < -0.4 is 19.7 Å². The van der Waals surface area contributed by atoms with Gasteiger partial charge in [0.2, 0.25) is 0 Å². The number of rotatable bonds is 6. The Morgan fingerprint density at radius 1 is 1.29 bits per heavy atom. The Hall–Kier alpha value is -2.76. The van der Waals surface area contributed by atoms with Crippen LogP contribution in [-0.2, 0) is 17.8 Å². The molecule has 1 amide bonds. The summed E-state index contributed by atoms with van der Waals surface area (Å²) >= 11 is 0. The maximum atomic E-state index is 12.3. The lowest BCUT2D eigenvalue weighted by atomic mass is 10.0. The Balaban J connectivity index is 1.30. The zero-order valence-electron chi connectivity index (χ0n) is 16.5. The summed E-state index contributed by atoms with van der Waals surface area (Å²) in [6, 6.07) is 9.80. The van der Waals surface area contributed by atoms with Gasteiger partial charge in [0.25, 0.3) is 5.91 Å². The highest BCUT2D eigenvalue weighted by atomic mass is 16.5. The van der Waals surface area contributed by atoms with Crippen molar-refractivity contribution in [1.29, 1.82) is 0 Å². The van der Waals surface area contributed by atoms with Gasteiger partial charge in [-0.25, -0.2) is 4.98 Å². The molecule has 1 aromatic heterocycles. The number of fused-ring (bicyclic) bond motifs is 1. The fraction of sp³-hybridized carbons (Fsp3) is 0.455. The van der Waals surface area contributed by atoms with E-state index in [1.165, 1.54) is 12.8 Å². The number of pyridine rings is 1. The van der Waals surface area contributed by atoms with E-state index in [2.05, 4.69) is 29.0 Å². The molecule has 1 saturated heterocycles. The van der Waals surface area contributed by atoms with Gasteiger partial charge in [0, 0.05) is 37.8 Å². The Bertz CT molecular complexity index is 860. The second-order valence-electron chi connectivity index (χ2n) is 8.06. The molecule has 4 rings (SSSR count). The summed E-state index contributed by atoms with van der Waals surface area (Å²) in [6.45, 7) is 6.63. The zero-order valence-corrected chi connectivity index (χ0v) is 16.5. The summed E-state index contributed by atoms with van der Waals surface area (Å²) in [4.78, 5) is 19.0. The third-order valence-corrected chi connectivity index (χ3v) is 5.14. The summed E-state index contributed by atoms with van der Waals surface area (Å²) < 4.78 is 11.7. The van der Waals surface area contributed by atoms with Gasteiger partial charge in [-0.1, -0.05) is 12.1 Å². The van der Waals surface area contributed by atoms with Crippen LogP contribution in [0, 0.1) is 0 Å². The molecule has 2 aromatic rings. The van der Waals surface area contributed by atoms with Gasteiger partial charge in [-0.3, -0.25) is 4.79 Å². The van der Waals surface area contributed by atoms with Crippen LogP contribution in [0.15, 0.2) is 36.5 Å². The van der Waals surface area contributed by atoms with Crippen molar-refractivity contribution in [1.82, 2.24) is 10.3 Å². The first-order valence-electron chi connectivity index (χ1n) is 9.90. The van der Waals surface area contributed by atoms with E-state index >= 15 is 0 Å². The number of benzene rings is 1. The molecule has 0 unspecified atom stereocenters. The van der Waals surface area contributed by atoms with E-state index in [0.29, 0.717) is 12.3 Å². The van der Waals surface area contributed by atoms with Crippen molar-refractivity contribution in [2.24, 2.45) is 0 Å². The van der Waals surface area contributed by atoms with Crippen molar-refractivity contribution >= 4 is 11.7 Å². The number of aromatic nitrogens is 1. The van der Waals surface area contributed by atoms with Crippen molar-refractivity contribution in [3.8, 4) is 11.5 Å². The van der Waals surface area contributed by atoms with Crippen LogP contribution in [0.3, 0.4) is 0 Å². The molecule has 2 aliphatic heterocycles. The first-order chi connectivity index (χ1) is 13.5. The van der Waals surface area contributed by atoms with Crippen LogP contribution in [0.4, 0.5) is 5.82 Å². The molecule has 0 spiro atoms. The molecule has 0 radical (unpaired) electrons. The van der Waals surface area contributed by atoms with Crippen molar-refractivity contribution < 1.29 is 14.3 Å². The van der Waals surface area contributed by atoms with Crippen molar-refractivity contribution in [2.45, 2.75) is 45.3 Å². The van der Waals surface area contributed by atoms with Crippen molar-refractivity contribution in [3.63, 3.8) is 0 Å². The van der Waals surface area contributed by atoms with E-state index < -0.39 is 0 Å². The zero-order chi connectivity index (χ0) is 19.6. The second kappa shape index (κ2) is 7.70. The van der Waals surface area contributed by atoms with Crippen LogP contribution in [0.5, 0.6) is 11.5 Å². The number of anilines is 1. The minimum atomic E-state index is -0.238. The lowest BCUT2D eigenvalue weighted by Gasteiger charge is -2.18. The molecular weight excluding hydrogens is 354 g/mol. The first-order valence-corrected chi connectivity index (χ1v) is 9.90. The Morgan fingerprint density at radius 2 is 2.11 bits per heavy atom. The number of hydrogen-bond donors (Lipinski definition) is 1. The predicted molar refractivity (Wildman–Crippen MR) is 108 cm³/mol. The van der Waals surface area contributed by atoms with Crippen LogP contribution in [0.1, 0.15) is 37.8 Å². The standard InChI is InChI=1S/C22H27N3O3/c1-22(2)13-17-6-5-7-18(21(17)28-22)27-15-20(26)24-14-16-8-9-23-19(12-16)25-10-3-4-11-25/h5-9,12H,3-4,10-11,13-15H2,1-2H3,(H,24,26). The van der Waals surface area contributed by atoms with Crippen LogP contribution >= 0.6 is 0 Å². The van der Waals surface area contributed by atoms with Gasteiger partial charge >= 0.3 is 0 Å². The van der Waals surface area contributed by atoms with Gasteiger partial charge in [0.15, 0.2) is 18.1 Å². The molecule has 28 heavy (non-hydrogen) atoms. The van der Waals surface area contributed by atoms with Gasteiger partial charge in [-0.15, -0.1) is 0 Å². The predicted octanol–water partition coefficient (Wildman–Crippen LogP) is 3.09.